The van der Waals surface area contributed by atoms with Crippen molar-refractivity contribution in [3.8, 4) is 5.75 Å². The zero-order chi connectivity index (χ0) is 15.1. The van der Waals surface area contributed by atoms with Gasteiger partial charge >= 0.3 is 0 Å². The highest BCUT2D eigenvalue weighted by molar-refractivity contribution is 5.36. The van der Waals surface area contributed by atoms with E-state index in [0.717, 1.165) is 24.1 Å². The first kappa shape index (κ1) is 15.4. The summed E-state index contributed by atoms with van der Waals surface area (Å²) in [6.07, 6.45) is 4.52. The van der Waals surface area contributed by atoms with Crippen molar-refractivity contribution in [1.82, 2.24) is 10.3 Å². The van der Waals surface area contributed by atoms with Gasteiger partial charge in [0, 0.05) is 29.6 Å². The second kappa shape index (κ2) is 7.74. The molecule has 1 N–H and O–H groups in total. The van der Waals surface area contributed by atoms with Crippen molar-refractivity contribution in [3.63, 3.8) is 0 Å². The highest BCUT2D eigenvalue weighted by Gasteiger charge is 2.12. The predicted molar refractivity (Wildman–Crippen MR) is 81.7 cm³/mol. The van der Waals surface area contributed by atoms with Crippen molar-refractivity contribution in [1.29, 1.82) is 0 Å². The summed E-state index contributed by atoms with van der Waals surface area (Å²) >= 11 is 0. The fourth-order valence-corrected chi connectivity index (χ4v) is 2.10. The number of hydrogen-bond acceptors (Lipinski definition) is 3. The Labute approximate surface area is 125 Å². The molecule has 112 valence electrons. The zero-order valence-electron chi connectivity index (χ0n) is 12.5. The van der Waals surface area contributed by atoms with Crippen molar-refractivity contribution in [2.45, 2.75) is 32.9 Å². The number of ether oxygens (including phenoxy) is 1. The lowest BCUT2D eigenvalue weighted by Gasteiger charge is -2.18. The van der Waals surface area contributed by atoms with Crippen LogP contribution in [0.1, 0.15) is 37.4 Å². The van der Waals surface area contributed by atoms with Crippen molar-refractivity contribution in [2.24, 2.45) is 0 Å². The maximum absolute atomic E-state index is 13.5. The van der Waals surface area contributed by atoms with Crippen LogP contribution in [0.5, 0.6) is 5.75 Å². The molecule has 2 rings (SSSR count). The molecule has 0 bridgehead atoms. The average molecular weight is 288 g/mol. The number of pyridine rings is 1. The Morgan fingerprint density at radius 1 is 1.33 bits per heavy atom. The molecule has 0 spiro atoms. The largest absolute Gasteiger partial charge is 0.489 e. The molecule has 0 saturated carbocycles. The molecule has 4 heteroatoms. The molecule has 1 aromatic carbocycles. The van der Waals surface area contributed by atoms with Gasteiger partial charge in [0.05, 0.1) is 0 Å². The van der Waals surface area contributed by atoms with Crippen LogP contribution in [0, 0.1) is 5.82 Å². The van der Waals surface area contributed by atoms with E-state index in [1.165, 1.54) is 12.1 Å². The minimum Gasteiger partial charge on any atom is -0.489 e. The van der Waals surface area contributed by atoms with Gasteiger partial charge in [-0.15, -0.1) is 0 Å². The van der Waals surface area contributed by atoms with Crippen LogP contribution in [-0.2, 0) is 6.61 Å². The number of benzene rings is 1. The van der Waals surface area contributed by atoms with Gasteiger partial charge in [0.25, 0.3) is 0 Å². The minimum absolute atomic E-state index is 0.0459. The smallest absolute Gasteiger partial charge is 0.124 e. The Morgan fingerprint density at radius 3 is 2.90 bits per heavy atom. The van der Waals surface area contributed by atoms with E-state index < -0.39 is 0 Å². The van der Waals surface area contributed by atoms with Gasteiger partial charge in [-0.2, -0.15) is 0 Å². The Hall–Kier alpha value is -1.94. The molecular formula is C17H21FN2O. The molecule has 0 amide bonds. The van der Waals surface area contributed by atoms with E-state index in [1.807, 2.05) is 19.1 Å². The van der Waals surface area contributed by atoms with E-state index in [1.54, 1.807) is 18.5 Å². The van der Waals surface area contributed by atoms with Crippen LogP contribution < -0.4 is 10.1 Å². The summed E-state index contributed by atoms with van der Waals surface area (Å²) in [7, 11) is 0. The highest BCUT2D eigenvalue weighted by Crippen LogP contribution is 2.26. The second-order valence-electron chi connectivity index (χ2n) is 5.01. The third kappa shape index (κ3) is 4.53. The molecule has 21 heavy (non-hydrogen) atoms. The zero-order valence-corrected chi connectivity index (χ0v) is 12.5. The van der Waals surface area contributed by atoms with Gasteiger partial charge < -0.3 is 10.1 Å². The first-order valence-corrected chi connectivity index (χ1v) is 7.25. The summed E-state index contributed by atoms with van der Waals surface area (Å²) in [4.78, 5) is 4.06. The Morgan fingerprint density at radius 2 is 2.19 bits per heavy atom. The normalized spacial score (nSPS) is 12.1. The molecule has 0 aliphatic rings. The summed E-state index contributed by atoms with van der Waals surface area (Å²) in [5.74, 6) is 0.459. The first-order valence-electron chi connectivity index (χ1n) is 7.25. The lowest BCUT2D eigenvalue weighted by Crippen LogP contribution is -2.20. The lowest BCUT2D eigenvalue weighted by molar-refractivity contribution is 0.298. The molecule has 1 unspecified atom stereocenters. The van der Waals surface area contributed by atoms with Crippen molar-refractivity contribution >= 4 is 0 Å². The summed E-state index contributed by atoms with van der Waals surface area (Å²) in [5.41, 5.74) is 1.83. The van der Waals surface area contributed by atoms with Crippen molar-refractivity contribution < 1.29 is 9.13 Å². The summed E-state index contributed by atoms with van der Waals surface area (Å²) in [6.45, 7) is 5.43. The molecule has 0 aliphatic carbocycles. The standard InChI is InChI=1S/C17H21FN2O/c1-3-8-20-13(2)16-10-15(18)6-7-17(16)21-12-14-5-4-9-19-11-14/h4-7,9-11,13,20H,3,8,12H2,1-2H3. The van der Waals surface area contributed by atoms with E-state index in [9.17, 15) is 4.39 Å². The molecule has 0 fully saturated rings. The molecule has 1 atom stereocenters. The second-order valence-corrected chi connectivity index (χ2v) is 5.01. The molecule has 3 nitrogen and oxygen atoms in total. The number of aromatic nitrogens is 1. The average Bonchev–Trinajstić information content (AvgIpc) is 2.52. The molecule has 0 radical (unpaired) electrons. The fraction of sp³-hybridized carbons (Fsp3) is 0.353. The van der Waals surface area contributed by atoms with Gasteiger partial charge in [-0.1, -0.05) is 13.0 Å². The van der Waals surface area contributed by atoms with E-state index in [0.29, 0.717) is 12.4 Å². The van der Waals surface area contributed by atoms with Crippen LogP contribution >= 0.6 is 0 Å². The molecular weight excluding hydrogens is 267 g/mol. The molecule has 0 aliphatic heterocycles. The van der Waals surface area contributed by atoms with E-state index in [2.05, 4.69) is 17.2 Å². The van der Waals surface area contributed by atoms with Crippen LogP contribution in [0.3, 0.4) is 0 Å². The molecule has 1 aromatic heterocycles. The van der Waals surface area contributed by atoms with Gasteiger partial charge in [-0.25, -0.2) is 4.39 Å². The third-order valence-electron chi connectivity index (χ3n) is 3.26. The molecule has 2 aromatic rings. The fourth-order valence-electron chi connectivity index (χ4n) is 2.10. The quantitative estimate of drug-likeness (QED) is 0.840. The minimum atomic E-state index is -0.246. The number of halogens is 1. The van der Waals surface area contributed by atoms with E-state index >= 15 is 0 Å². The van der Waals surface area contributed by atoms with Crippen LogP contribution in [-0.4, -0.2) is 11.5 Å². The van der Waals surface area contributed by atoms with Gasteiger partial charge in [0.1, 0.15) is 18.2 Å². The molecule has 1 heterocycles. The third-order valence-corrected chi connectivity index (χ3v) is 3.26. The van der Waals surface area contributed by atoms with Crippen molar-refractivity contribution in [3.05, 3.63) is 59.7 Å². The number of rotatable bonds is 7. The number of nitrogens with one attached hydrogen (secondary N) is 1. The van der Waals surface area contributed by atoms with Crippen LogP contribution in [0.15, 0.2) is 42.7 Å². The Balaban J connectivity index is 2.11. The molecule has 0 saturated heterocycles. The Kier molecular flexibility index (Phi) is 5.69. The van der Waals surface area contributed by atoms with Crippen LogP contribution in [0.25, 0.3) is 0 Å². The van der Waals surface area contributed by atoms with Gasteiger partial charge in [0.15, 0.2) is 0 Å². The summed E-state index contributed by atoms with van der Waals surface area (Å²) < 4.78 is 19.3. The maximum atomic E-state index is 13.5. The topological polar surface area (TPSA) is 34.1 Å². The van der Waals surface area contributed by atoms with Gasteiger partial charge in [0.2, 0.25) is 0 Å². The number of nitrogens with zero attached hydrogens (tertiary/aromatic N) is 1. The van der Waals surface area contributed by atoms with E-state index in [4.69, 9.17) is 4.74 Å². The van der Waals surface area contributed by atoms with E-state index in [-0.39, 0.29) is 11.9 Å². The Bertz CT molecular complexity index is 560. The van der Waals surface area contributed by atoms with Gasteiger partial charge in [-0.3, -0.25) is 4.98 Å². The van der Waals surface area contributed by atoms with Crippen LogP contribution in [0.4, 0.5) is 4.39 Å². The highest BCUT2D eigenvalue weighted by atomic mass is 19.1. The van der Waals surface area contributed by atoms with Crippen LogP contribution in [0.2, 0.25) is 0 Å². The summed E-state index contributed by atoms with van der Waals surface area (Å²) in [5, 5.41) is 3.36. The SMILES string of the molecule is CCCNC(C)c1cc(F)ccc1OCc1cccnc1. The first-order chi connectivity index (χ1) is 10.2. The summed E-state index contributed by atoms with van der Waals surface area (Å²) in [6, 6.07) is 8.51. The maximum Gasteiger partial charge on any atom is 0.124 e. The lowest BCUT2D eigenvalue weighted by atomic mass is 10.1. The number of hydrogen-bond donors (Lipinski definition) is 1. The predicted octanol–water partition coefficient (Wildman–Crippen LogP) is 3.86. The monoisotopic (exact) mass is 288 g/mol. The van der Waals surface area contributed by atoms with Crippen molar-refractivity contribution in [2.75, 3.05) is 6.54 Å². The van der Waals surface area contributed by atoms with Gasteiger partial charge in [-0.05, 0) is 44.2 Å².